The van der Waals surface area contributed by atoms with Crippen LogP contribution in [0.2, 0.25) is 0 Å². The maximum atomic E-state index is 12.4. The first-order valence-corrected chi connectivity index (χ1v) is 7.25. The molecule has 6 nitrogen and oxygen atoms in total. The summed E-state index contributed by atoms with van der Waals surface area (Å²) in [5, 5.41) is 13.8. The van der Waals surface area contributed by atoms with Gasteiger partial charge in [-0.15, -0.1) is 10.2 Å². The van der Waals surface area contributed by atoms with Gasteiger partial charge >= 0.3 is 0 Å². The molecule has 2 aromatic rings. The van der Waals surface area contributed by atoms with Crippen molar-refractivity contribution in [2.75, 3.05) is 19.6 Å². The minimum atomic E-state index is -0.00873. The monoisotopic (exact) mass is 285 g/mol. The van der Waals surface area contributed by atoms with Crippen LogP contribution in [0.15, 0.2) is 36.9 Å². The standard InChI is InChI=1S/C15H19N5O/c21-15(17-7-8-20-10-18-19-11-20)14-4-2-1-3-13(14)12-5-6-16-9-12/h1-4,10-12,16H,5-9H2,(H,17,21)/t12-/m1/s1. The molecule has 110 valence electrons. The van der Waals surface area contributed by atoms with Gasteiger partial charge in [-0.1, -0.05) is 18.2 Å². The van der Waals surface area contributed by atoms with Crippen LogP contribution in [0, 0.1) is 0 Å². The van der Waals surface area contributed by atoms with Gasteiger partial charge in [0.2, 0.25) is 0 Å². The minimum Gasteiger partial charge on any atom is -0.350 e. The third-order valence-corrected chi connectivity index (χ3v) is 3.83. The highest BCUT2D eigenvalue weighted by atomic mass is 16.1. The predicted octanol–water partition coefficient (Wildman–Crippen LogP) is 0.785. The zero-order chi connectivity index (χ0) is 14.5. The lowest BCUT2D eigenvalue weighted by Gasteiger charge is -2.14. The van der Waals surface area contributed by atoms with Crippen molar-refractivity contribution in [3.63, 3.8) is 0 Å². The van der Waals surface area contributed by atoms with Crippen LogP contribution in [-0.2, 0) is 6.54 Å². The van der Waals surface area contributed by atoms with Gasteiger partial charge in [0.1, 0.15) is 12.7 Å². The SMILES string of the molecule is O=C(NCCn1cnnc1)c1ccccc1[C@@H]1CCNC1. The third-order valence-electron chi connectivity index (χ3n) is 3.83. The maximum absolute atomic E-state index is 12.4. The van der Waals surface area contributed by atoms with Crippen molar-refractivity contribution in [1.29, 1.82) is 0 Å². The molecule has 0 saturated carbocycles. The van der Waals surface area contributed by atoms with Crippen LogP contribution in [0.4, 0.5) is 0 Å². The first kappa shape index (κ1) is 13.8. The number of benzene rings is 1. The van der Waals surface area contributed by atoms with Crippen LogP contribution in [0.1, 0.15) is 28.3 Å². The molecule has 1 aliphatic rings. The van der Waals surface area contributed by atoms with E-state index in [1.165, 1.54) is 0 Å². The van der Waals surface area contributed by atoms with Crippen molar-refractivity contribution in [2.24, 2.45) is 0 Å². The molecule has 1 amide bonds. The number of hydrogen-bond donors (Lipinski definition) is 2. The molecular formula is C15H19N5O. The summed E-state index contributed by atoms with van der Waals surface area (Å²) in [6.07, 6.45) is 4.37. The van der Waals surface area contributed by atoms with Crippen molar-refractivity contribution in [2.45, 2.75) is 18.9 Å². The van der Waals surface area contributed by atoms with Crippen LogP contribution in [0.3, 0.4) is 0 Å². The van der Waals surface area contributed by atoms with Gasteiger partial charge in [0.25, 0.3) is 5.91 Å². The summed E-state index contributed by atoms with van der Waals surface area (Å²) in [5.74, 6) is 0.426. The molecule has 0 aliphatic carbocycles. The van der Waals surface area contributed by atoms with E-state index in [9.17, 15) is 4.79 Å². The van der Waals surface area contributed by atoms with Gasteiger partial charge in [0.05, 0.1) is 0 Å². The van der Waals surface area contributed by atoms with Crippen molar-refractivity contribution < 1.29 is 4.79 Å². The molecule has 1 saturated heterocycles. The number of rotatable bonds is 5. The number of nitrogens with zero attached hydrogens (tertiary/aromatic N) is 3. The first-order chi connectivity index (χ1) is 10.3. The number of aromatic nitrogens is 3. The predicted molar refractivity (Wildman–Crippen MR) is 79.0 cm³/mol. The molecule has 1 fully saturated rings. The average molecular weight is 285 g/mol. The molecule has 3 rings (SSSR count). The molecule has 1 aromatic heterocycles. The summed E-state index contributed by atoms with van der Waals surface area (Å²) >= 11 is 0. The minimum absolute atomic E-state index is 0.00873. The summed E-state index contributed by atoms with van der Waals surface area (Å²) in [6.45, 7) is 3.21. The average Bonchev–Trinajstić information content (AvgIpc) is 3.20. The summed E-state index contributed by atoms with van der Waals surface area (Å²) in [6, 6.07) is 7.89. The highest BCUT2D eigenvalue weighted by Gasteiger charge is 2.21. The van der Waals surface area contributed by atoms with Gasteiger partial charge in [-0.2, -0.15) is 0 Å². The van der Waals surface area contributed by atoms with Crippen LogP contribution >= 0.6 is 0 Å². The largest absolute Gasteiger partial charge is 0.350 e. The molecule has 1 aromatic carbocycles. The Morgan fingerprint density at radius 3 is 2.90 bits per heavy atom. The Balaban J connectivity index is 1.63. The lowest BCUT2D eigenvalue weighted by atomic mass is 9.93. The quantitative estimate of drug-likeness (QED) is 0.852. The summed E-state index contributed by atoms with van der Waals surface area (Å²) in [4.78, 5) is 12.4. The lowest BCUT2D eigenvalue weighted by molar-refractivity contribution is 0.0951. The van der Waals surface area contributed by atoms with E-state index in [0.717, 1.165) is 30.6 Å². The molecular weight excluding hydrogens is 266 g/mol. The van der Waals surface area contributed by atoms with Crippen LogP contribution < -0.4 is 10.6 Å². The smallest absolute Gasteiger partial charge is 0.251 e. The Hall–Kier alpha value is -2.21. The van der Waals surface area contributed by atoms with E-state index in [-0.39, 0.29) is 5.91 Å². The van der Waals surface area contributed by atoms with Crippen molar-refractivity contribution in [3.8, 4) is 0 Å². The van der Waals surface area contributed by atoms with Crippen LogP contribution in [0.5, 0.6) is 0 Å². The van der Waals surface area contributed by atoms with E-state index in [1.54, 1.807) is 12.7 Å². The highest BCUT2D eigenvalue weighted by molar-refractivity contribution is 5.95. The molecule has 2 heterocycles. The van der Waals surface area contributed by atoms with Crippen molar-refractivity contribution >= 4 is 5.91 Å². The molecule has 0 spiro atoms. The second-order valence-corrected chi connectivity index (χ2v) is 5.23. The van der Waals surface area contributed by atoms with Crippen molar-refractivity contribution in [1.82, 2.24) is 25.4 Å². The molecule has 6 heteroatoms. The van der Waals surface area contributed by atoms with Gasteiger partial charge in [-0.05, 0) is 30.5 Å². The van der Waals surface area contributed by atoms with Crippen LogP contribution in [-0.4, -0.2) is 40.3 Å². The van der Waals surface area contributed by atoms with Gasteiger partial charge in [-0.3, -0.25) is 4.79 Å². The Labute approximate surface area is 123 Å². The second-order valence-electron chi connectivity index (χ2n) is 5.23. The molecule has 0 unspecified atom stereocenters. The Morgan fingerprint density at radius 1 is 1.33 bits per heavy atom. The molecule has 21 heavy (non-hydrogen) atoms. The van der Waals surface area contributed by atoms with Gasteiger partial charge in [0.15, 0.2) is 0 Å². The molecule has 0 radical (unpaired) electrons. The highest BCUT2D eigenvalue weighted by Crippen LogP contribution is 2.25. The first-order valence-electron chi connectivity index (χ1n) is 7.25. The van der Waals surface area contributed by atoms with E-state index in [0.29, 0.717) is 19.0 Å². The van der Waals surface area contributed by atoms with Gasteiger partial charge in [-0.25, -0.2) is 0 Å². The van der Waals surface area contributed by atoms with E-state index in [4.69, 9.17) is 0 Å². The number of nitrogens with one attached hydrogen (secondary N) is 2. The second kappa shape index (κ2) is 6.49. The van der Waals surface area contributed by atoms with Gasteiger partial charge < -0.3 is 15.2 Å². The molecule has 1 atom stereocenters. The van der Waals surface area contributed by atoms with E-state index in [2.05, 4.69) is 26.9 Å². The zero-order valence-electron chi connectivity index (χ0n) is 11.8. The molecule has 0 bridgehead atoms. The number of carbonyl (C=O) groups is 1. The fourth-order valence-corrected chi connectivity index (χ4v) is 2.71. The Kier molecular flexibility index (Phi) is 4.25. The van der Waals surface area contributed by atoms with E-state index < -0.39 is 0 Å². The summed E-state index contributed by atoms with van der Waals surface area (Å²) in [7, 11) is 0. The normalized spacial score (nSPS) is 17.8. The Morgan fingerprint density at radius 2 is 2.14 bits per heavy atom. The van der Waals surface area contributed by atoms with E-state index >= 15 is 0 Å². The fourth-order valence-electron chi connectivity index (χ4n) is 2.71. The van der Waals surface area contributed by atoms with Crippen molar-refractivity contribution in [3.05, 3.63) is 48.0 Å². The molecule has 1 aliphatic heterocycles. The topological polar surface area (TPSA) is 71.8 Å². The van der Waals surface area contributed by atoms with Crippen LogP contribution in [0.25, 0.3) is 0 Å². The maximum Gasteiger partial charge on any atom is 0.251 e. The number of carbonyl (C=O) groups excluding carboxylic acids is 1. The summed E-state index contributed by atoms with van der Waals surface area (Å²) in [5.41, 5.74) is 1.93. The fraction of sp³-hybridized carbons (Fsp3) is 0.400. The Bertz CT molecular complexity index is 590. The van der Waals surface area contributed by atoms with Gasteiger partial charge in [0, 0.05) is 25.2 Å². The summed E-state index contributed by atoms with van der Waals surface area (Å²) < 4.78 is 1.84. The third kappa shape index (κ3) is 3.28. The van der Waals surface area contributed by atoms with E-state index in [1.807, 2.05) is 22.8 Å². The molecule has 2 N–H and O–H groups in total. The zero-order valence-corrected chi connectivity index (χ0v) is 11.8. The number of hydrogen-bond acceptors (Lipinski definition) is 4. The number of amides is 1. The lowest BCUT2D eigenvalue weighted by Crippen LogP contribution is -2.28.